The predicted octanol–water partition coefficient (Wildman–Crippen LogP) is 1.52. The lowest BCUT2D eigenvalue weighted by atomic mass is 9.84. The molecular weight excluding hydrogens is 258 g/mol. The molecule has 2 heterocycles. The zero-order valence-electron chi connectivity index (χ0n) is 11.3. The van der Waals surface area contributed by atoms with Crippen molar-refractivity contribution in [2.75, 3.05) is 19.8 Å². The van der Waals surface area contributed by atoms with Crippen molar-refractivity contribution in [1.82, 2.24) is 5.32 Å². The molecule has 1 aromatic rings. The van der Waals surface area contributed by atoms with Crippen LogP contribution in [-0.4, -0.2) is 36.9 Å². The summed E-state index contributed by atoms with van der Waals surface area (Å²) in [5, 5.41) is 13.0. The minimum atomic E-state index is -1.07. The molecule has 0 bridgehead atoms. The van der Waals surface area contributed by atoms with E-state index in [1.807, 2.05) is 24.3 Å². The number of carbonyl (C=O) groups is 1. The minimum Gasteiger partial charge on any atom is -0.493 e. The number of benzene rings is 1. The van der Waals surface area contributed by atoms with E-state index in [2.05, 4.69) is 5.32 Å². The molecule has 5 heteroatoms. The molecule has 1 fully saturated rings. The molecule has 0 amide bonds. The Balaban J connectivity index is 1.86. The van der Waals surface area contributed by atoms with Crippen molar-refractivity contribution in [3.8, 4) is 5.75 Å². The van der Waals surface area contributed by atoms with E-state index >= 15 is 0 Å². The van der Waals surface area contributed by atoms with E-state index in [9.17, 15) is 9.90 Å². The van der Waals surface area contributed by atoms with Gasteiger partial charge in [-0.3, -0.25) is 5.32 Å². The van der Waals surface area contributed by atoms with Gasteiger partial charge >= 0.3 is 5.97 Å². The lowest BCUT2D eigenvalue weighted by Gasteiger charge is -2.36. The quantitative estimate of drug-likeness (QED) is 0.873. The normalized spacial score (nSPS) is 28.7. The Morgan fingerprint density at radius 1 is 1.40 bits per heavy atom. The highest BCUT2D eigenvalue weighted by Crippen LogP contribution is 2.37. The van der Waals surface area contributed by atoms with Crippen molar-refractivity contribution in [3.05, 3.63) is 29.8 Å². The average molecular weight is 277 g/mol. The maximum atomic E-state index is 11.9. The van der Waals surface area contributed by atoms with Crippen molar-refractivity contribution in [3.63, 3.8) is 0 Å². The first-order chi connectivity index (χ1) is 9.72. The molecule has 108 valence electrons. The van der Waals surface area contributed by atoms with E-state index < -0.39 is 11.5 Å². The first-order valence-electron chi connectivity index (χ1n) is 7.05. The van der Waals surface area contributed by atoms with Crippen LogP contribution in [0.1, 0.15) is 24.8 Å². The van der Waals surface area contributed by atoms with Crippen LogP contribution >= 0.6 is 0 Å². The number of para-hydroxylation sites is 1. The van der Waals surface area contributed by atoms with Crippen LogP contribution in [0, 0.1) is 0 Å². The zero-order chi connectivity index (χ0) is 14.0. The molecular formula is C15H19NO4. The number of aliphatic carboxylic acids is 1. The molecule has 2 unspecified atom stereocenters. The van der Waals surface area contributed by atoms with Gasteiger partial charge in [0, 0.05) is 25.1 Å². The third-order valence-corrected chi connectivity index (χ3v) is 4.10. The Labute approximate surface area is 117 Å². The van der Waals surface area contributed by atoms with E-state index in [0.29, 0.717) is 30.9 Å². The Hall–Kier alpha value is -1.59. The van der Waals surface area contributed by atoms with Gasteiger partial charge in [0.25, 0.3) is 0 Å². The van der Waals surface area contributed by atoms with Crippen molar-refractivity contribution in [2.24, 2.45) is 0 Å². The molecule has 0 aliphatic carbocycles. The summed E-state index contributed by atoms with van der Waals surface area (Å²) in [5.41, 5.74) is -0.363. The number of hydrogen-bond acceptors (Lipinski definition) is 4. The molecule has 0 spiro atoms. The lowest BCUT2D eigenvalue weighted by Crippen LogP contribution is -2.54. The second-order valence-corrected chi connectivity index (χ2v) is 5.32. The Morgan fingerprint density at radius 3 is 3.00 bits per heavy atom. The van der Waals surface area contributed by atoms with Crippen molar-refractivity contribution in [2.45, 2.75) is 30.9 Å². The van der Waals surface area contributed by atoms with Gasteiger partial charge in [0.05, 0.1) is 12.7 Å². The number of carboxylic acids is 1. The molecule has 0 aromatic heterocycles. The van der Waals surface area contributed by atoms with Crippen molar-refractivity contribution in [1.29, 1.82) is 0 Å². The summed E-state index contributed by atoms with van der Waals surface area (Å²) < 4.78 is 11.1. The van der Waals surface area contributed by atoms with Crippen LogP contribution in [0.4, 0.5) is 0 Å². The van der Waals surface area contributed by atoms with Crippen molar-refractivity contribution < 1.29 is 19.4 Å². The highest BCUT2D eigenvalue weighted by Gasteiger charge is 2.44. The molecule has 2 N–H and O–H groups in total. The largest absolute Gasteiger partial charge is 0.493 e. The van der Waals surface area contributed by atoms with Crippen LogP contribution in [0.15, 0.2) is 24.3 Å². The van der Waals surface area contributed by atoms with E-state index in [1.54, 1.807) is 0 Å². The summed E-state index contributed by atoms with van der Waals surface area (Å²) >= 11 is 0. The number of carboxylic acid groups (broad SMARTS) is 1. The van der Waals surface area contributed by atoms with Gasteiger partial charge in [-0.15, -0.1) is 0 Å². The monoisotopic (exact) mass is 277 g/mol. The first-order valence-corrected chi connectivity index (χ1v) is 7.05. The maximum absolute atomic E-state index is 11.9. The van der Waals surface area contributed by atoms with Crippen LogP contribution < -0.4 is 10.1 Å². The molecule has 5 nitrogen and oxygen atoms in total. The third kappa shape index (κ3) is 2.27. The fourth-order valence-electron chi connectivity index (χ4n) is 2.97. The summed E-state index contributed by atoms with van der Waals surface area (Å²) in [6.07, 6.45) is 2.57. The number of fused-ring (bicyclic) bond motifs is 1. The zero-order valence-corrected chi connectivity index (χ0v) is 11.3. The molecule has 0 saturated carbocycles. The standard InChI is InChI=1S/C15H19NO4/c17-14(18)15(16-10-11-4-3-8-19-11)7-9-20-13-6-2-1-5-12(13)15/h1-2,5-6,11,16H,3-4,7-10H2,(H,17,18). The van der Waals surface area contributed by atoms with Crippen LogP contribution in [0.2, 0.25) is 0 Å². The first kappa shape index (κ1) is 13.4. The van der Waals surface area contributed by atoms with Gasteiger partial charge < -0.3 is 14.6 Å². The van der Waals surface area contributed by atoms with Gasteiger partial charge in [0.2, 0.25) is 0 Å². The fraction of sp³-hybridized carbons (Fsp3) is 0.533. The van der Waals surface area contributed by atoms with Gasteiger partial charge in [-0.05, 0) is 18.9 Å². The van der Waals surface area contributed by atoms with Gasteiger partial charge in [-0.2, -0.15) is 0 Å². The van der Waals surface area contributed by atoms with Gasteiger partial charge in [0.15, 0.2) is 0 Å². The maximum Gasteiger partial charge on any atom is 0.328 e. The minimum absolute atomic E-state index is 0.112. The summed E-state index contributed by atoms with van der Waals surface area (Å²) in [7, 11) is 0. The van der Waals surface area contributed by atoms with E-state index in [4.69, 9.17) is 9.47 Å². The predicted molar refractivity (Wildman–Crippen MR) is 72.8 cm³/mol. The SMILES string of the molecule is O=C(O)C1(NCC2CCCO2)CCOc2ccccc21. The Kier molecular flexibility index (Phi) is 3.63. The molecule has 2 atom stereocenters. The number of hydrogen-bond donors (Lipinski definition) is 2. The summed E-state index contributed by atoms with van der Waals surface area (Å²) in [5.74, 6) is -0.202. The van der Waals surface area contributed by atoms with Crippen LogP contribution in [0.5, 0.6) is 5.75 Å². The highest BCUT2D eigenvalue weighted by molar-refractivity contribution is 5.82. The number of ether oxygens (including phenoxy) is 2. The number of rotatable bonds is 4. The molecule has 20 heavy (non-hydrogen) atoms. The average Bonchev–Trinajstić information content (AvgIpc) is 2.98. The highest BCUT2D eigenvalue weighted by atomic mass is 16.5. The van der Waals surface area contributed by atoms with Gasteiger partial charge in [0.1, 0.15) is 11.3 Å². The van der Waals surface area contributed by atoms with Gasteiger partial charge in [-0.1, -0.05) is 18.2 Å². The van der Waals surface area contributed by atoms with E-state index in [0.717, 1.165) is 19.4 Å². The summed E-state index contributed by atoms with van der Waals surface area (Å²) in [6.45, 7) is 1.73. The van der Waals surface area contributed by atoms with Crippen LogP contribution in [0.3, 0.4) is 0 Å². The molecule has 0 radical (unpaired) electrons. The van der Waals surface area contributed by atoms with Crippen LogP contribution in [0.25, 0.3) is 0 Å². The summed E-state index contributed by atoms with van der Waals surface area (Å²) in [4.78, 5) is 11.9. The Morgan fingerprint density at radius 2 is 2.25 bits per heavy atom. The number of nitrogens with one attached hydrogen (secondary N) is 1. The van der Waals surface area contributed by atoms with Gasteiger partial charge in [-0.25, -0.2) is 4.79 Å². The molecule has 2 aliphatic heterocycles. The van der Waals surface area contributed by atoms with E-state index in [1.165, 1.54) is 0 Å². The van der Waals surface area contributed by atoms with E-state index in [-0.39, 0.29) is 6.10 Å². The molecule has 1 saturated heterocycles. The smallest absolute Gasteiger partial charge is 0.328 e. The lowest BCUT2D eigenvalue weighted by molar-refractivity contribution is -0.147. The third-order valence-electron chi connectivity index (χ3n) is 4.10. The molecule has 3 rings (SSSR count). The second kappa shape index (κ2) is 5.42. The Bertz CT molecular complexity index is 498. The topological polar surface area (TPSA) is 67.8 Å². The van der Waals surface area contributed by atoms with Crippen molar-refractivity contribution >= 4 is 5.97 Å². The fourth-order valence-corrected chi connectivity index (χ4v) is 2.97. The van der Waals surface area contributed by atoms with Crippen LogP contribution in [-0.2, 0) is 15.1 Å². The second-order valence-electron chi connectivity index (χ2n) is 5.32. The molecule has 2 aliphatic rings. The molecule has 1 aromatic carbocycles. The summed E-state index contributed by atoms with van der Waals surface area (Å²) in [6, 6.07) is 7.35.